The minimum absolute atomic E-state index is 0.0243. The molecule has 0 atom stereocenters. The lowest BCUT2D eigenvalue weighted by molar-refractivity contribution is 0.334. The van der Waals surface area contributed by atoms with E-state index in [9.17, 15) is 0 Å². The Morgan fingerprint density at radius 2 is 0.938 bits per heavy atom. The molecule has 12 aromatic rings. The van der Waals surface area contributed by atoms with Crippen LogP contribution in [-0.2, 0) is 10.8 Å². The molecular weight excluding hydrogens is 779 g/mol. The molecule has 13 rings (SSSR count). The topological polar surface area (TPSA) is 48.5 Å². The molecule has 0 saturated heterocycles. The van der Waals surface area contributed by atoms with Gasteiger partial charge < -0.3 is 4.57 Å². The number of benzene rings is 9. The maximum absolute atomic E-state index is 5.52. The number of fused-ring (bicyclic) bond motifs is 13. The van der Waals surface area contributed by atoms with Gasteiger partial charge in [-0.1, -0.05) is 161 Å². The predicted octanol–water partition coefficient (Wildman–Crippen LogP) is 15.2. The first-order valence-corrected chi connectivity index (χ1v) is 22.5. The molecule has 3 aromatic heterocycles. The average molecular weight is 824 g/mol. The fourth-order valence-electron chi connectivity index (χ4n) is 11.1. The van der Waals surface area contributed by atoms with Crippen LogP contribution in [0.4, 0.5) is 0 Å². The minimum atomic E-state index is -0.0614. The van der Waals surface area contributed by atoms with Crippen molar-refractivity contribution in [1.82, 2.24) is 24.1 Å². The lowest BCUT2D eigenvalue weighted by Crippen LogP contribution is -2.34. The normalized spacial score (nSPS) is 14.7. The number of para-hydroxylation sites is 1. The zero-order valence-corrected chi connectivity index (χ0v) is 36.4. The van der Waals surface area contributed by atoms with Gasteiger partial charge in [0.2, 0.25) is 5.95 Å². The van der Waals surface area contributed by atoms with E-state index in [2.05, 4.69) is 207 Å². The lowest BCUT2D eigenvalue weighted by atomic mass is 9.62. The quantitative estimate of drug-likeness (QED) is 0.166. The second-order valence-electron chi connectivity index (χ2n) is 19.1. The number of rotatable bonds is 4. The molecular formula is C59H45N5. The molecule has 3 heterocycles. The van der Waals surface area contributed by atoms with E-state index in [0.717, 1.165) is 40.7 Å². The summed E-state index contributed by atoms with van der Waals surface area (Å²) < 4.78 is 4.80. The van der Waals surface area contributed by atoms with Gasteiger partial charge in [-0.15, -0.1) is 0 Å². The summed E-state index contributed by atoms with van der Waals surface area (Å²) in [6.07, 6.45) is 2.23. The van der Waals surface area contributed by atoms with Crippen molar-refractivity contribution in [2.75, 3.05) is 0 Å². The van der Waals surface area contributed by atoms with E-state index in [1.807, 2.05) is 6.07 Å². The Morgan fingerprint density at radius 1 is 0.391 bits per heavy atom. The van der Waals surface area contributed by atoms with Crippen molar-refractivity contribution >= 4 is 75.9 Å². The summed E-state index contributed by atoms with van der Waals surface area (Å²) >= 11 is 0. The van der Waals surface area contributed by atoms with Crippen LogP contribution in [0.15, 0.2) is 176 Å². The van der Waals surface area contributed by atoms with Crippen LogP contribution in [0, 0.1) is 0 Å². The molecule has 5 heteroatoms. The van der Waals surface area contributed by atoms with Crippen LogP contribution >= 0.6 is 0 Å². The molecule has 1 aliphatic rings. The molecule has 0 N–H and O–H groups in total. The van der Waals surface area contributed by atoms with Gasteiger partial charge in [-0.3, -0.25) is 4.57 Å². The highest BCUT2D eigenvalue weighted by atomic mass is 15.2. The van der Waals surface area contributed by atoms with Gasteiger partial charge in [0.05, 0.1) is 22.1 Å². The summed E-state index contributed by atoms with van der Waals surface area (Å²) in [6, 6.07) is 63.8. The van der Waals surface area contributed by atoms with Crippen LogP contribution < -0.4 is 0 Å². The highest BCUT2D eigenvalue weighted by Gasteiger charge is 2.39. The van der Waals surface area contributed by atoms with E-state index < -0.39 is 0 Å². The Bertz CT molecular complexity index is 3890. The van der Waals surface area contributed by atoms with Crippen LogP contribution in [0.25, 0.3) is 110 Å². The van der Waals surface area contributed by atoms with Crippen molar-refractivity contribution in [2.24, 2.45) is 0 Å². The first-order valence-electron chi connectivity index (χ1n) is 22.5. The number of hydrogen-bond acceptors (Lipinski definition) is 3. The van der Waals surface area contributed by atoms with Crippen molar-refractivity contribution in [3.05, 3.63) is 187 Å². The molecule has 0 unspecified atom stereocenters. The van der Waals surface area contributed by atoms with E-state index in [1.165, 1.54) is 76.0 Å². The zero-order valence-electron chi connectivity index (χ0n) is 36.4. The van der Waals surface area contributed by atoms with Crippen LogP contribution in [0.3, 0.4) is 0 Å². The molecule has 0 fully saturated rings. The summed E-state index contributed by atoms with van der Waals surface area (Å²) in [5.74, 6) is 1.88. The van der Waals surface area contributed by atoms with Gasteiger partial charge in [0, 0.05) is 38.4 Å². The van der Waals surface area contributed by atoms with Crippen molar-refractivity contribution in [2.45, 2.75) is 51.4 Å². The first kappa shape index (κ1) is 37.0. The maximum atomic E-state index is 5.52. The van der Waals surface area contributed by atoms with E-state index in [-0.39, 0.29) is 10.8 Å². The molecule has 64 heavy (non-hydrogen) atoms. The number of nitrogens with zero attached hydrogens (tertiary/aromatic N) is 5. The summed E-state index contributed by atoms with van der Waals surface area (Å²) in [5.41, 5.74) is 10.4. The van der Waals surface area contributed by atoms with Gasteiger partial charge in [-0.05, 0) is 110 Å². The molecule has 0 bridgehead atoms. The first-order chi connectivity index (χ1) is 31.2. The van der Waals surface area contributed by atoms with E-state index in [1.54, 1.807) is 0 Å². The Labute approximate surface area is 371 Å². The molecule has 0 saturated carbocycles. The van der Waals surface area contributed by atoms with E-state index in [0.29, 0.717) is 17.6 Å². The zero-order chi connectivity index (χ0) is 42.9. The molecule has 9 aromatic carbocycles. The molecule has 1 aliphatic carbocycles. The Morgan fingerprint density at radius 3 is 1.70 bits per heavy atom. The van der Waals surface area contributed by atoms with Crippen molar-refractivity contribution < 1.29 is 0 Å². The molecule has 0 amide bonds. The fraction of sp³-hybridized carbons (Fsp3) is 0.136. The molecule has 5 nitrogen and oxygen atoms in total. The fourth-order valence-corrected chi connectivity index (χ4v) is 11.1. The second-order valence-corrected chi connectivity index (χ2v) is 19.1. The summed E-state index contributed by atoms with van der Waals surface area (Å²) in [4.78, 5) is 16.2. The van der Waals surface area contributed by atoms with Gasteiger partial charge >= 0.3 is 0 Å². The summed E-state index contributed by atoms with van der Waals surface area (Å²) in [6.45, 7) is 9.71. The highest BCUT2D eigenvalue weighted by Crippen LogP contribution is 2.52. The Hall–Kier alpha value is -7.63. The van der Waals surface area contributed by atoms with Crippen LogP contribution in [0.1, 0.15) is 51.7 Å². The van der Waals surface area contributed by atoms with Crippen LogP contribution in [0.5, 0.6) is 0 Å². The monoisotopic (exact) mass is 823 g/mol. The molecule has 306 valence electrons. The van der Waals surface area contributed by atoms with Crippen molar-refractivity contribution in [3.8, 4) is 34.4 Å². The van der Waals surface area contributed by atoms with Gasteiger partial charge in [0.25, 0.3) is 0 Å². The number of hydrogen-bond donors (Lipinski definition) is 0. The molecule has 0 aliphatic heterocycles. The van der Waals surface area contributed by atoms with Gasteiger partial charge in [-0.25, -0.2) is 4.98 Å². The third-order valence-electron chi connectivity index (χ3n) is 14.4. The Balaban J connectivity index is 1.19. The maximum Gasteiger partial charge on any atom is 0.238 e. The molecule has 0 radical (unpaired) electrons. The van der Waals surface area contributed by atoms with E-state index >= 15 is 0 Å². The van der Waals surface area contributed by atoms with Crippen molar-refractivity contribution in [1.29, 1.82) is 0 Å². The largest absolute Gasteiger partial charge is 0.309 e. The summed E-state index contributed by atoms with van der Waals surface area (Å²) in [7, 11) is 0. The smallest absolute Gasteiger partial charge is 0.238 e. The highest BCUT2D eigenvalue weighted by molar-refractivity contribution is 6.25. The van der Waals surface area contributed by atoms with Crippen LogP contribution in [-0.4, -0.2) is 24.1 Å². The lowest BCUT2D eigenvalue weighted by Gasteiger charge is -2.42. The second kappa shape index (κ2) is 13.4. The summed E-state index contributed by atoms with van der Waals surface area (Å²) in [5, 5.41) is 12.2. The predicted molar refractivity (Wildman–Crippen MR) is 267 cm³/mol. The minimum Gasteiger partial charge on any atom is -0.309 e. The third kappa shape index (κ3) is 5.40. The average Bonchev–Trinajstić information content (AvgIpc) is 3.84. The molecule has 0 spiro atoms. The third-order valence-corrected chi connectivity index (χ3v) is 14.4. The van der Waals surface area contributed by atoms with Crippen LogP contribution in [0.2, 0.25) is 0 Å². The van der Waals surface area contributed by atoms with Crippen molar-refractivity contribution in [3.63, 3.8) is 0 Å². The van der Waals surface area contributed by atoms with Gasteiger partial charge in [0.15, 0.2) is 11.6 Å². The SMILES string of the molecule is CC1(C)CCC(C)(C)c2c1ccc1c2c2cc3c(cc2n1-c1nc(-c2ccccc2)nc(-c2ccc4ccc5ccccc5c4c2)n1)c1c2ccccc2ccc1n3-c1ccccc1. The van der Waals surface area contributed by atoms with E-state index in [4.69, 9.17) is 15.0 Å². The number of aromatic nitrogens is 5. The standard InChI is InChI=1S/C59H45N5/c1-58(2)31-32-59(3,4)54-47(58)28-30-49-53(54)46-35-50-45(52-43-22-14-12-16-37(43)27-29-48(52)63(50)41-19-9-6-10-20-41)34-51(46)64(49)57-61-55(39-17-7-5-8-18-39)60-56(62-57)40-26-25-38-24-23-36-15-11-13-21-42(36)44(38)33-40/h5-30,33-35H,31-32H2,1-4H3. The van der Waals surface area contributed by atoms with Gasteiger partial charge in [-0.2, -0.15) is 9.97 Å². The van der Waals surface area contributed by atoms with Gasteiger partial charge in [0.1, 0.15) is 0 Å². The Kier molecular flexibility index (Phi) is 7.76.